The van der Waals surface area contributed by atoms with Crippen molar-refractivity contribution >= 4 is 17.5 Å². The first-order chi connectivity index (χ1) is 17.1. The summed E-state index contributed by atoms with van der Waals surface area (Å²) in [5.41, 5.74) is 9.05. The van der Waals surface area contributed by atoms with Crippen molar-refractivity contribution in [3.63, 3.8) is 0 Å². The minimum atomic E-state index is -0.150. The lowest BCUT2D eigenvalue weighted by molar-refractivity contribution is 0.458. The number of nitrogen functional groups attached to an aromatic ring is 1. The van der Waals surface area contributed by atoms with Crippen LogP contribution in [0.5, 0.6) is 5.75 Å². The molecular weight excluding hydrogens is 442 g/mol. The SMILES string of the molecule is N=C(N)c1nnc(-c2ccccc2O)cc1NC1CCN(c2ncc(C3CCNCC3)cn2)CC1. The van der Waals surface area contributed by atoms with Crippen LogP contribution in [-0.2, 0) is 0 Å². The molecular formula is C25H31N9O. The van der Waals surface area contributed by atoms with Gasteiger partial charge in [-0.1, -0.05) is 12.1 Å². The number of piperidine rings is 2. The normalized spacial score (nSPS) is 17.3. The van der Waals surface area contributed by atoms with E-state index in [1.807, 2.05) is 18.5 Å². The fraction of sp³-hybridized carbons (Fsp3) is 0.400. The lowest BCUT2D eigenvalue weighted by Crippen LogP contribution is -2.40. The largest absolute Gasteiger partial charge is 0.507 e. The van der Waals surface area contributed by atoms with E-state index >= 15 is 0 Å². The second-order valence-electron chi connectivity index (χ2n) is 9.17. The van der Waals surface area contributed by atoms with E-state index in [-0.39, 0.29) is 17.6 Å². The van der Waals surface area contributed by atoms with Gasteiger partial charge in [-0.15, -0.1) is 10.2 Å². The minimum absolute atomic E-state index is 0.128. The Hall–Kier alpha value is -3.79. The molecule has 0 aliphatic carbocycles. The van der Waals surface area contributed by atoms with Gasteiger partial charge in [-0.3, -0.25) is 5.41 Å². The summed E-state index contributed by atoms with van der Waals surface area (Å²) >= 11 is 0. The molecule has 0 atom stereocenters. The smallest absolute Gasteiger partial charge is 0.225 e. The average molecular weight is 474 g/mol. The molecule has 0 spiro atoms. The summed E-state index contributed by atoms with van der Waals surface area (Å²) in [6.07, 6.45) is 8.01. The molecule has 3 aromatic rings. The first-order valence-corrected chi connectivity index (χ1v) is 12.1. The van der Waals surface area contributed by atoms with Crippen LogP contribution in [0.25, 0.3) is 11.3 Å². The van der Waals surface area contributed by atoms with Crippen LogP contribution in [0.4, 0.5) is 11.6 Å². The zero-order valence-corrected chi connectivity index (χ0v) is 19.6. The van der Waals surface area contributed by atoms with Crippen LogP contribution < -0.4 is 21.3 Å². The Morgan fingerprint density at radius 2 is 1.77 bits per heavy atom. The molecule has 182 valence electrons. The molecule has 0 bridgehead atoms. The standard InChI is InChI=1S/C25H31N9O/c26-24(27)23-21(13-20(32-33-23)19-3-1-2-4-22(19)35)31-18-7-11-34(12-8-18)25-29-14-17(15-30-25)16-5-9-28-10-6-16/h1-4,13-16,18,28,35H,5-12H2,(H3,26,27)(H,31,32). The fourth-order valence-corrected chi connectivity index (χ4v) is 4.83. The number of nitrogens with one attached hydrogen (secondary N) is 3. The Bertz CT molecular complexity index is 1170. The van der Waals surface area contributed by atoms with Crippen molar-refractivity contribution in [1.29, 1.82) is 5.41 Å². The summed E-state index contributed by atoms with van der Waals surface area (Å²) in [4.78, 5) is 11.5. The highest BCUT2D eigenvalue weighted by molar-refractivity contribution is 5.98. The van der Waals surface area contributed by atoms with Crippen LogP contribution in [0.15, 0.2) is 42.7 Å². The molecule has 10 nitrogen and oxygen atoms in total. The Labute approximate surface area is 204 Å². The van der Waals surface area contributed by atoms with Gasteiger partial charge in [0.15, 0.2) is 5.69 Å². The molecule has 2 fully saturated rings. The maximum atomic E-state index is 10.2. The first kappa shape index (κ1) is 23.0. The van der Waals surface area contributed by atoms with Gasteiger partial charge in [-0.25, -0.2) is 9.97 Å². The lowest BCUT2D eigenvalue weighted by Gasteiger charge is -2.33. The van der Waals surface area contributed by atoms with E-state index in [4.69, 9.17) is 11.1 Å². The van der Waals surface area contributed by atoms with Gasteiger partial charge in [0, 0.05) is 37.1 Å². The van der Waals surface area contributed by atoms with Crippen molar-refractivity contribution in [2.24, 2.45) is 5.73 Å². The Morgan fingerprint density at radius 1 is 1.06 bits per heavy atom. The summed E-state index contributed by atoms with van der Waals surface area (Å²) < 4.78 is 0. The molecule has 2 aliphatic heterocycles. The number of amidine groups is 1. The van der Waals surface area contributed by atoms with Gasteiger partial charge in [0.05, 0.1) is 11.4 Å². The van der Waals surface area contributed by atoms with Gasteiger partial charge < -0.3 is 26.4 Å². The van der Waals surface area contributed by atoms with Crippen LogP contribution in [-0.4, -0.2) is 63.3 Å². The summed E-state index contributed by atoms with van der Waals surface area (Å²) in [6.45, 7) is 3.76. The van der Waals surface area contributed by atoms with Crippen LogP contribution >= 0.6 is 0 Å². The summed E-state index contributed by atoms with van der Waals surface area (Å²) in [5, 5.41) is 33.4. The van der Waals surface area contributed by atoms with Crippen molar-refractivity contribution in [3.8, 4) is 17.0 Å². The van der Waals surface area contributed by atoms with Crippen LogP contribution in [0.3, 0.4) is 0 Å². The highest BCUT2D eigenvalue weighted by atomic mass is 16.3. The number of phenols is 1. The lowest BCUT2D eigenvalue weighted by atomic mass is 9.92. The number of anilines is 2. The highest BCUT2D eigenvalue weighted by Crippen LogP contribution is 2.30. The van der Waals surface area contributed by atoms with Gasteiger partial charge in [0.2, 0.25) is 5.95 Å². The molecule has 0 radical (unpaired) electrons. The number of rotatable bonds is 6. The van der Waals surface area contributed by atoms with Crippen LogP contribution in [0, 0.1) is 5.41 Å². The van der Waals surface area contributed by atoms with Crippen molar-refractivity contribution in [2.45, 2.75) is 37.6 Å². The average Bonchev–Trinajstić information content (AvgIpc) is 2.90. The van der Waals surface area contributed by atoms with E-state index in [1.165, 1.54) is 5.56 Å². The van der Waals surface area contributed by atoms with E-state index in [0.717, 1.165) is 57.8 Å². The molecule has 1 aromatic carbocycles. The Morgan fingerprint density at radius 3 is 2.46 bits per heavy atom. The highest BCUT2D eigenvalue weighted by Gasteiger charge is 2.24. The molecule has 0 amide bonds. The van der Waals surface area contributed by atoms with Crippen molar-refractivity contribution in [3.05, 3.63) is 54.0 Å². The van der Waals surface area contributed by atoms with E-state index in [2.05, 4.69) is 35.7 Å². The maximum absolute atomic E-state index is 10.2. The third-order valence-electron chi connectivity index (χ3n) is 6.84. The van der Waals surface area contributed by atoms with E-state index in [1.54, 1.807) is 24.3 Å². The number of aromatic hydroxyl groups is 1. The predicted octanol–water partition coefficient (Wildman–Crippen LogP) is 2.47. The fourth-order valence-electron chi connectivity index (χ4n) is 4.83. The van der Waals surface area contributed by atoms with Crippen LogP contribution in [0.2, 0.25) is 0 Å². The number of aromatic nitrogens is 4. The van der Waals surface area contributed by atoms with Gasteiger partial charge in [0.25, 0.3) is 0 Å². The summed E-state index contributed by atoms with van der Waals surface area (Å²) in [6, 6.07) is 8.96. The number of nitrogens with zero attached hydrogens (tertiary/aromatic N) is 5. The van der Waals surface area contributed by atoms with Gasteiger partial charge >= 0.3 is 0 Å². The number of para-hydroxylation sites is 1. The van der Waals surface area contributed by atoms with Gasteiger partial charge in [-0.2, -0.15) is 0 Å². The van der Waals surface area contributed by atoms with Crippen LogP contribution in [0.1, 0.15) is 42.9 Å². The number of phenolic OH excluding ortho intramolecular Hbond substituents is 1. The Kier molecular flexibility index (Phi) is 6.71. The topological polar surface area (TPSA) is 149 Å². The molecule has 0 saturated carbocycles. The number of hydrogen-bond acceptors (Lipinski definition) is 9. The second-order valence-corrected chi connectivity index (χ2v) is 9.17. The van der Waals surface area contributed by atoms with E-state index < -0.39 is 0 Å². The number of hydrogen-bond donors (Lipinski definition) is 5. The van der Waals surface area contributed by atoms with Crippen molar-refractivity contribution < 1.29 is 5.11 Å². The van der Waals surface area contributed by atoms with Crippen molar-refractivity contribution in [2.75, 3.05) is 36.4 Å². The number of benzene rings is 1. The molecule has 4 heterocycles. The summed E-state index contributed by atoms with van der Waals surface area (Å²) in [5.74, 6) is 1.30. The van der Waals surface area contributed by atoms with Gasteiger partial charge in [0.1, 0.15) is 11.6 Å². The molecule has 2 saturated heterocycles. The van der Waals surface area contributed by atoms with E-state index in [9.17, 15) is 5.11 Å². The monoisotopic (exact) mass is 473 g/mol. The molecule has 6 N–H and O–H groups in total. The van der Waals surface area contributed by atoms with E-state index in [0.29, 0.717) is 28.6 Å². The maximum Gasteiger partial charge on any atom is 0.225 e. The molecule has 10 heteroatoms. The van der Waals surface area contributed by atoms with Gasteiger partial charge in [-0.05, 0) is 68.5 Å². The molecule has 5 rings (SSSR count). The molecule has 2 aliphatic rings. The minimum Gasteiger partial charge on any atom is -0.507 e. The number of nitrogens with two attached hydrogens (primary N) is 1. The first-order valence-electron chi connectivity index (χ1n) is 12.1. The summed E-state index contributed by atoms with van der Waals surface area (Å²) in [7, 11) is 0. The third kappa shape index (κ3) is 5.17. The third-order valence-corrected chi connectivity index (χ3v) is 6.84. The predicted molar refractivity (Wildman–Crippen MR) is 136 cm³/mol. The molecule has 0 unspecified atom stereocenters. The second kappa shape index (κ2) is 10.2. The molecule has 2 aromatic heterocycles. The zero-order chi connectivity index (χ0) is 24.2. The Balaban J connectivity index is 1.25. The molecule has 35 heavy (non-hydrogen) atoms. The zero-order valence-electron chi connectivity index (χ0n) is 19.6. The quantitative estimate of drug-likeness (QED) is 0.269. The van der Waals surface area contributed by atoms with Crippen molar-refractivity contribution in [1.82, 2.24) is 25.5 Å².